The van der Waals surface area contributed by atoms with E-state index in [4.69, 9.17) is 0 Å². The van der Waals surface area contributed by atoms with Gasteiger partial charge in [0.2, 0.25) is 17.8 Å². The van der Waals surface area contributed by atoms with Crippen molar-refractivity contribution < 1.29 is 4.79 Å². The molecule has 1 heterocycles. The monoisotopic (exact) mass is 519 g/mol. The molecule has 1 aromatic heterocycles. The molecule has 0 fully saturated rings. The van der Waals surface area contributed by atoms with E-state index in [1.54, 1.807) is 0 Å². The molecular weight excluding hydrogens is 498 g/mol. The van der Waals surface area contributed by atoms with Crippen LogP contribution in [-0.2, 0) is 13.1 Å². The number of anilines is 2. The Labute approximate surface area is 187 Å². The highest BCUT2D eigenvalue weighted by molar-refractivity contribution is 9.10. The lowest BCUT2D eigenvalue weighted by Crippen LogP contribution is -2.18. The summed E-state index contributed by atoms with van der Waals surface area (Å²) in [5.74, 6) is 1.02. The average Bonchev–Trinajstić information content (AvgIpc) is 3.10. The summed E-state index contributed by atoms with van der Waals surface area (Å²) in [6, 6.07) is 16.0. The van der Waals surface area contributed by atoms with Gasteiger partial charge in [-0.2, -0.15) is 9.67 Å². The van der Waals surface area contributed by atoms with Gasteiger partial charge in [0.15, 0.2) is 0 Å². The molecule has 0 aliphatic rings. The summed E-state index contributed by atoms with van der Waals surface area (Å²) in [5.41, 5.74) is 2.19. The van der Waals surface area contributed by atoms with Gasteiger partial charge < -0.3 is 10.6 Å². The third kappa shape index (κ3) is 6.40. The highest BCUT2D eigenvalue weighted by atomic mass is 79.9. The molecule has 0 atom stereocenters. The van der Waals surface area contributed by atoms with Crippen LogP contribution in [0.1, 0.15) is 36.2 Å². The summed E-state index contributed by atoms with van der Waals surface area (Å²) >= 11 is 6.87. The van der Waals surface area contributed by atoms with Gasteiger partial charge in [-0.3, -0.25) is 4.79 Å². The number of hydrogen-bond donors (Lipinski definition) is 2. The molecule has 0 amide bonds. The Kier molecular flexibility index (Phi) is 7.44. The Morgan fingerprint density at radius 3 is 1.97 bits per heavy atom. The molecule has 8 heteroatoms. The predicted molar refractivity (Wildman–Crippen MR) is 123 cm³/mol. The van der Waals surface area contributed by atoms with E-state index in [2.05, 4.69) is 52.6 Å². The average molecular weight is 521 g/mol. The van der Waals surface area contributed by atoms with E-state index in [-0.39, 0.29) is 11.8 Å². The first-order chi connectivity index (χ1) is 13.9. The normalized spacial score (nSPS) is 10.9. The zero-order valence-electron chi connectivity index (χ0n) is 16.3. The van der Waals surface area contributed by atoms with Gasteiger partial charge in [0, 0.05) is 28.5 Å². The minimum Gasteiger partial charge on any atom is -0.350 e. The molecule has 0 aliphatic heterocycles. The van der Waals surface area contributed by atoms with Crippen LogP contribution >= 0.6 is 31.9 Å². The van der Waals surface area contributed by atoms with Gasteiger partial charge in [-0.15, -0.1) is 5.10 Å². The number of aromatic nitrogens is 3. The first kappa shape index (κ1) is 21.5. The largest absolute Gasteiger partial charge is 0.350 e. The second kappa shape index (κ2) is 10.0. The number of hydrogen-bond acceptors (Lipinski definition) is 5. The topological polar surface area (TPSA) is 71.8 Å². The van der Waals surface area contributed by atoms with Crippen LogP contribution in [0.25, 0.3) is 0 Å². The van der Waals surface area contributed by atoms with E-state index in [1.165, 1.54) is 4.68 Å². The minimum atomic E-state index is -0.0810. The Hall–Kier alpha value is -2.19. The lowest BCUT2D eigenvalue weighted by Gasteiger charge is -2.08. The lowest BCUT2D eigenvalue weighted by atomic mass is 10.1. The van der Waals surface area contributed by atoms with Gasteiger partial charge in [-0.25, -0.2) is 0 Å². The molecule has 0 radical (unpaired) electrons. The molecular formula is C21H23Br2N5O. The van der Waals surface area contributed by atoms with Gasteiger partial charge in [0.25, 0.3) is 0 Å². The smallest absolute Gasteiger partial charge is 0.250 e. The highest BCUT2D eigenvalue weighted by Crippen LogP contribution is 2.16. The molecule has 0 aliphatic carbocycles. The molecule has 0 saturated carbocycles. The quantitative estimate of drug-likeness (QED) is 0.397. The van der Waals surface area contributed by atoms with Crippen LogP contribution in [0.5, 0.6) is 0 Å². The third-order valence-electron chi connectivity index (χ3n) is 4.15. The maximum absolute atomic E-state index is 12.6. The van der Waals surface area contributed by atoms with Crippen LogP contribution in [0.3, 0.4) is 0 Å². The summed E-state index contributed by atoms with van der Waals surface area (Å²) in [6.45, 7) is 5.14. The van der Waals surface area contributed by atoms with Crippen LogP contribution in [0, 0.1) is 5.92 Å². The zero-order valence-corrected chi connectivity index (χ0v) is 19.5. The van der Waals surface area contributed by atoms with Crippen LogP contribution in [0.15, 0.2) is 57.5 Å². The first-order valence-electron chi connectivity index (χ1n) is 9.37. The molecule has 3 rings (SSSR count). The van der Waals surface area contributed by atoms with E-state index in [9.17, 15) is 4.79 Å². The number of carbonyl (C=O) groups excluding carboxylic acids is 1. The van der Waals surface area contributed by atoms with E-state index in [0.717, 1.165) is 20.1 Å². The summed E-state index contributed by atoms with van der Waals surface area (Å²) in [5, 5.41) is 10.8. The molecule has 152 valence electrons. The summed E-state index contributed by atoms with van der Waals surface area (Å²) in [7, 11) is 0. The SMILES string of the molecule is CC(C)CC(=O)n1nc(NCc2ccc(Br)cc2)nc1NCc1ccc(Br)cc1. The fourth-order valence-corrected chi connectivity index (χ4v) is 3.21. The summed E-state index contributed by atoms with van der Waals surface area (Å²) in [4.78, 5) is 17.1. The van der Waals surface area contributed by atoms with E-state index < -0.39 is 0 Å². The fraction of sp³-hybridized carbons (Fsp3) is 0.286. The van der Waals surface area contributed by atoms with Crippen molar-refractivity contribution in [3.63, 3.8) is 0 Å². The molecule has 3 aromatic rings. The van der Waals surface area contributed by atoms with Gasteiger partial charge in [-0.1, -0.05) is 70.0 Å². The zero-order chi connectivity index (χ0) is 20.8. The second-order valence-electron chi connectivity index (χ2n) is 7.12. The summed E-state index contributed by atoms with van der Waals surface area (Å²) < 4.78 is 3.42. The van der Waals surface area contributed by atoms with Crippen molar-refractivity contribution in [2.75, 3.05) is 10.6 Å². The maximum Gasteiger partial charge on any atom is 0.250 e. The van der Waals surface area contributed by atoms with E-state index in [0.29, 0.717) is 31.4 Å². The Balaban J connectivity index is 1.73. The number of carbonyl (C=O) groups is 1. The van der Waals surface area contributed by atoms with E-state index in [1.807, 2.05) is 62.4 Å². The van der Waals surface area contributed by atoms with E-state index >= 15 is 0 Å². The van der Waals surface area contributed by atoms with Gasteiger partial charge in [0.1, 0.15) is 0 Å². The first-order valence-corrected chi connectivity index (χ1v) is 11.0. The van der Waals surface area contributed by atoms with Crippen molar-refractivity contribution in [1.82, 2.24) is 14.8 Å². The molecule has 0 saturated heterocycles. The standard InChI is InChI=1S/C21H23Br2N5O/c1-14(2)11-19(29)28-21(25-13-16-5-9-18(23)10-6-16)26-20(27-28)24-12-15-3-7-17(22)8-4-15/h3-10,14H,11-13H2,1-2H3,(H2,24,25,26,27). The maximum atomic E-state index is 12.6. The van der Waals surface area contributed by atoms with Gasteiger partial charge in [0.05, 0.1) is 0 Å². The van der Waals surface area contributed by atoms with Crippen LogP contribution < -0.4 is 10.6 Å². The number of nitrogens with one attached hydrogen (secondary N) is 2. The molecule has 0 unspecified atom stereocenters. The Morgan fingerprint density at radius 2 is 1.45 bits per heavy atom. The van der Waals surface area contributed by atoms with Crippen molar-refractivity contribution in [2.24, 2.45) is 5.92 Å². The van der Waals surface area contributed by atoms with Crippen molar-refractivity contribution in [3.05, 3.63) is 68.6 Å². The number of rotatable bonds is 8. The number of benzene rings is 2. The Morgan fingerprint density at radius 1 is 0.931 bits per heavy atom. The molecule has 2 aromatic carbocycles. The van der Waals surface area contributed by atoms with Gasteiger partial charge in [-0.05, 0) is 41.3 Å². The molecule has 0 bridgehead atoms. The van der Waals surface area contributed by atoms with Gasteiger partial charge >= 0.3 is 0 Å². The van der Waals surface area contributed by atoms with Crippen molar-refractivity contribution in [1.29, 1.82) is 0 Å². The molecule has 6 nitrogen and oxygen atoms in total. The van der Waals surface area contributed by atoms with Crippen molar-refractivity contribution >= 4 is 49.7 Å². The highest BCUT2D eigenvalue weighted by Gasteiger charge is 2.17. The third-order valence-corrected chi connectivity index (χ3v) is 5.21. The second-order valence-corrected chi connectivity index (χ2v) is 8.95. The van der Waals surface area contributed by atoms with Crippen molar-refractivity contribution in [3.8, 4) is 0 Å². The Bertz CT molecular complexity index is 952. The molecule has 2 N–H and O–H groups in total. The predicted octanol–water partition coefficient (Wildman–Crippen LogP) is 5.71. The van der Waals surface area contributed by atoms with Crippen LogP contribution in [0.4, 0.5) is 11.9 Å². The minimum absolute atomic E-state index is 0.0810. The molecule has 0 spiro atoms. The molecule has 29 heavy (non-hydrogen) atoms. The fourth-order valence-electron chi connectivity index (χ4n) is 2.68. The van der Waals surface area contributed by atoms with Crippen LogP contribution in [-0.4, -0.2) is 20.7 Å². The number of nitrogens with zero attached hydrogens (tertiary/aromatic N) is 3. The van der Waals surface area contributed by atoms with Crippen molar-refractivity contribution in [2.45, 2.75) is 33.4 Å². The summed E-state index contributed by atoms with van der Waals surface area (Å²) in [6.07, 6.45) is 0.405. The van der Waals surface area contributed by atoms with Crippen LogP contribution in [0.2, 0.25) is 0 Å². The lowest BCUT2D eigenvalue weighted by molar-refractivity contribution is 0.0873. The number of halogens is 2.